The Bertz CT molecular complexity index is 900. The summed E-state index contributed by atoms with van der Waals surface area (Å²) in [5, 5.41) is 13.8. The van der Waals surface area contributed by atoms with Crippen molar-refractivity contribution in [2.24, 2.45) is 16.9 Å². The lowest BCUT2D eigenvalue weighted by molar-refractivity contribution is 0.176. The van der Waals surface area contributed by atoms with Gasteiger partial charge in [-0.3, -0.25) is 14.9 Å². The van der Waals surface area contributed by atoms with Crippen LogP contribution in [0.3, 0.4) is 0 Å². The van der Waals surface area contributed by atoms with Crippen LogP contribution in [0.1, 0.15) is 56.7 Å². The number of hydrogen-bond acceptors (Lipinski definition) is 6. The van der Waals surface area contributed by atoms with E-state index in [4.69, 9.17) is 11.6 Å². The largest absolute Gasteiger partial charge is 0.298 e. The lowest BCUT2D eigenvalue weighted by Gasteiger charge is -2.45. The molecule has 0 radical (unpaired) electrons. The van der Waals surface area contributed by atoms with Crippen LogP contribution in [0.4, 0.5) is 5.82 Å². The van der Waals surface area contributed by atoms with Crippen molar-refractivity contribution in [1.82, 2.24) is 30.0 Å². The molecule has 26 heavy (non-hydrogen) atoms. The predicted molar refractivity (Wildman–Crippen MR) is 97.0 cm³/mol. The summed E-state index contributed by atoms with van der Waals surface area (Å²) in [7, 11) is 0. The van der Waals surface area contributed by atoms with Gasteiger partial charge in [-0.05, 0) is 36.8 Å². The van der Waals surface area contributed by atoms with E-state index in [-0.39, 0.29) is 6.17 Å². The Morgan fingerprint density at radius 3 is 2.92 bits per heavy atom. The van der Waals surface area contributed by atoms with Crippen LogP contribution in [0, 0.1) is 11.8 Å². The predicted octanol–water partition coefficient (Wildman–Crippen LogP) is 2.55. The van der Waals surface area contributed by atoms with E-state index in [1.807, 2.05) is 17.1 Å². The monoisotopic (exact) mass is 372 g/mol. The van der Waals surface area contributed by atoms with E-state index in [0.717, 1.165) is 23.9 Å². The lowest BCUT2D eigenvalue weighted by atomic mass is 9.80. The number of fused-ring (bicyclic) bond motifs is 6. The van der Waals surface area contributed by atoms with Crippen molar-refractivity contribution in [3.05, 3.63) is 23.4 Å². The van der Waals surface area contributed by atoms with Crippen LogP contribution < -0.4 is 10.3 Å². The summed E-state index contributed by atoms with van der Waals surface area (Å²) in [5.74, 6) is 3.44. The molecular formula is C17H21ClN8. The molecule has 5 atom stereocenters. The zero-order chi connectivity index (χ0) is 17.4. The van der Waals surface area contributed by atoms with E-state index in [1.165, 1.54) is 25.7 Å². The van der Waals surface area contributed by atoms with Gasteiger partial charge in [-0.15, -0.1) is 10.2 Å². The molecule has 2 fully saturated rings. The second-order valence-electron chi connectivity index (χ2n) is 8.02. The third-order valence-corrected chi connectivity index (χ3v) is 6.82. The molecule has 5 unspecified atom stereocenters. The maximum Gasteiger partial charge on any atom is 0.252 e. The Morgan fingerprint density at radius 2 is 2.08 bits per heavy atom. The van der Waals surface area contributed by atoms with Gasteiger partial charge in [-0.2, -0.15) is 4.68 Å². The summed E-state index contributed by atoms with van der Waals surface area (Å²) in [6.07, 6.45) is 9.85. The average Bonchev–Trinajstić information content (AvgIpc) is 3.05. The fourth-order valence-electron chi connectivity index (χ4n) is 5.07. The van der Waals surface area contributed by atoms with Crippen molar-refractivity contribution in [1.29, 1.82) is 0 Å². The number of aromatic nitrogens is 5. The highest BCUT2D eigenvalue weighted by molar-refractivity contribution is 6.28. The van der Waals surface area contributed by atoms with Crippen molar-refractivity contribution in [2.45, 2.75) is 57.2 Å². The number of imidazole rings is 1. The van der Waals surface area contributed by atoms with E-state index < -0.39 is 0 Å². The van der Waals surface area contributed by atoms with Crippen LogP contribution in [0.5, 0.6) is 0 Å². The van der Waals surface area contributed by atoms with Crippen LogP contribution in [0.15, 0.2) is 17.5 Å². The molecule has 2 aliphatic heterocycles. The van der Waals surface area contributed by atoms with E-state index in [0.29, 0.717) is 29.1 Å². The highest BCUT2D eigenvalue weighted by Crippen LogP contribution is 2.49. The number of anilines is 1. The number of hydrazone groups is 1. The second-order valence-corrected chi connectivity index (χ2v) is 8.36. The molecule has 0 amide bonds. The van der Waals surface area contributed by atoms with Gasteiger partial charge in [0.05, 0.1) is 18.1 Å². The van der Waals surface area contributed by atoms with Gasteiger partial charge in [0, 0.05) is 17.9 Å². The van der Waals surface area contributed by atoms with E-state index >= 15 is 0 Å². The second kappa shape index (κ2) is 5.22. The smallest absolute Gasteiger partial charge is 0.252 e. The molecule has 1 N–H and O–H groups in total. The van der Waals surface area contributed by atoms with Gasteiger partial charge in [0.2, 0.25) is 5.28 Å². The number of hydrogen-bond donors (Lipinski definition) is 1. The Morgan fingerprint density at radius 1 is 1.23 bits per heavy atom. The molecule has 2 aromatic rings. The van der Waals surface area contributed by atoms with Crippen LogP contribution in [0.25, 0.3) is 0 Å². The zero-order valence-corrected chi connectivity index (χ0v) is 15.3. The molecule has 0 aromatic carbocycles. The Labute approximate surface area is 156 Å². The van der Waals surface area contributed by atoms with Crippen molar-refractivity contribution in [2.75, 3.05) is 4.90 Å². The van der Waals surface area contributed by atoms with Gasteiger partial charge in [0.1, 0.15) is 12.0 Å². The van der Waals surface area contributed by atoms with Crippen molar-refractivity contribution in [3.8, 4) is 0 Å². The normalized spacial score (nSPS) is 34.6. The molecule has 9 heteroatoms. The quantitative estimate of drug-likeness (QED) is 0.832. The SMILES string of the molecule is CC1CC1c1cnnn1C1=NNC2C3CCCCC3n3c(cnc3Cl)N12. The number of nitrogens with one attached hydrogen (secondary N) is 1. The number of rotatable bonds is 1. The summed E-state index contributed by atoms with van der Waals surface area (Å²) < 4.78 is 4.09. The fraction of sp³-hybridized carbons (Fsp3) is 0.647. The molecular weight excluding hydrogens is 352 g/mol. The third-order valence-electron chi connectivity index (χ3n) is 6.54. The average molecular weight is 373 g/mol. The molecule has 0 spiro atoms. The van der Waals surface area contributed by atoms with Crippen LogP contribution in [0.2, 0.25) is 5.28 Å². The topological polar surface area (TPSA) is 76.2 Å². The van der Waals surface area contributed by atoms with E-state index in [2.05, 4.69) is 42.2 Å². The summed E-state index contributed by atoms with van der Waals surface area (Å²) >= 11 is 6.48. The summed E-state index contributed by atoms with van der Waals surface area (Å²) in [4.78, 5) is 6.62. The molecule has 136 valence electrons. The van der Waals surface area contributed by atoms with Crippen molar-refractivity contribution < 1.29 is 0 Å². The zero-order valence-electron chi connectivity index (χ0n) is 14.6. The van der Waals surface area contributed by atoms with Crippen molar-refractivity contribution >= 4 is 23.4 Å². The van der Waals surface area contributed by atoms with Gasteiger partial charge < -0.3 is 0 Å². The van der Waals surface area contributed by atoms with Gasteiger partial charge in [-0.25, -0.2) is 4.98 Å². The Hall–Kier alpha value is -2.09. The summed E-state index contributed by atoms with van der Waals surface area (Å²) in [6.45, 7) is 2.27. The maximum atomic E-state index is 6.48. The summed E-state index contributed by atoms with van der Waals surface area (Å²) in [6, 6.07) is 0.385. The van der Waals surface area contributed by atoms with Gasteiger partial charge in [0.25, 0.3) is 5.96 Å². The summed E-state index contributed by atoms with van der Waals surface area (Å²) in [5.41, 5.74) is 4.53. The van der Waals surface area contributed by atoms with E-state index in [9.17, 15) is 0 Å². The maximum absolute atomic E-state index is 6.48. The molecule has 2 aromatic heterocycles. The Kier molecular flexibility index (Phi) is 3.01. The first-order valence-corrected chi connectivity index (χ1v) is 9.88. The van der Waals surface area contributed by atoms with Crippen LogP contribution in [-0.2, 0) is 0 Å². The molecule has 4 aliphatic rings. The molecule has 0 saturated heterocycles. The first-order chi connectivity index (χ1) is 12.7. The molecule has 2 aliphatic carbocycles. The highest BCUT2D eigenvalue weighted by atomic mass is 35.5. The van der Waals surface area contributed by atoms with Gasteiger partial charge >= 0.3 is 0 Å². The first-order valence-electron chi connectivity index (χ1n) is 9.50. The molecule has 4 heterocycles. The minimum absolute atomic E-state index is 0.129. The molecule has 6 rings (SSSR count). The van der Waals surface area contributed by atoms with Crippen molar-refractivity contribution in [3.63, 3.8) is 0 Å². The first kappa shape index (κ1) is 15.0. The van der Waals surface area contributed by atoms with Gasteiger partial charge in [-0.1, -0.05) is 25.0 Å². The molecule has 2 saturated carbocycles. The van der Waals surface area contributed by atoms with Crippen LogP contribution in [-0.4, -0.2) is 36.7 Å². The standard InChI is InChI=1S/C17H21ClN8/c1-9-6-11(9)13-7-20-23-26(13)17-22-21-15-10-4-2-3-5-12(10)24-14(25(15)17)8-19-16(24)18/h7-12,15,21H,2-6H2,1H3. The number of nitrogens with zero attached hydrogens (tertiary/aromatic N) is 7. The highest BCUT2D eigenvalue weighted by Gasteiger charge is 2.49. The molecule has 8 nitrogen and oxygen atoms in total. The molecule has 0 bridgehead atoms. The van der Waals surface area contributed by atoms with E-state index in [1.54, 1.807) is 0 Å². The lowest BCUT2D eigenvalue weighted by Crippen LogP contribution is -2.55. The fourth-order valence-corrected chi connectivity index (χ4v) is 5.33. The number of halogens is 1. The minimum atomic E-state index is 0.129. The minimum Gasteiger partial charge on any atom is -0.298 e. The van der Waals surface area contributed by atoms with Gasteiger partial charge in [0.15, 0.2) is 0 Å². The van der Waals surface area contributed by atoms with Crippen LogP contribution >= 0.6 is 11.6 Å². The third kappa shape index (κ3) is 1.91. The Balaban J connectivity index is 1.46.